The van der Waals surface area contributed by atoms with Crippen LogP contribution in [0.3, 0.4) is 0 Å². The molecule has 0 aliphatic carbocycles. The molecule has 4 aliphatic heterocycles. The van der Waals surface area contributed by atoms with Gasteiger partial charge in [-0.3, -0.25) is 4.90 Å². The van der Waals surface area contributed by atoms with E-state index in [1.165, 1.54) is 60.7 Å². The summed E-state index contributed by atoms with van der Waals surface area (Å²) in [6.07, 6.45) is -6.72. The molecular weight excluding hydrogens is 1160 g/mol. The molecule has 21 nitrogen and oxygen atoms in total. The van der Waals surface area contributed by atoms with E-state index in [4.69, 9.17) is 50.9 Å². The maximum atomic E-state index is 16.0. The van der Waals surface area contributed by atoms with Crippen molar-refractivity contribution < 1.29 is 82.7 Å². The summed E-state index contributed by atoms with van der Waals surface area (Å²) in [6, 6.07) is 17.0. The Morgan fingerprint density at radius 2 is 1.12 bits per heavy atom. The van der Waals surface area contributed by atoms with Gasteiger partial charge in [0, 0.05) is 49.0 Å². The zero-order valence-electron chi connectivity index (χ0n) is 53.0. The van der Waals surface area contributed by atoms with Crippen molar-refractivity contribution in [3.8, 4) is 34.5 Å². The summed E-state index contributed by atoms with van der Waals surface area (Å²) in [7, 11) is -9.05. The van der Waals surface area contributed by atoms with Gasteiger partial charge < -0.3 is 52.8 Å². The van der Waals surface area contributed by atoms with Crippen LogP contribution in [-0.2, 0) is 60.2 Å². The zero-order chi connectivity index (χ0) is 64.6. The van der Waals surface area contributed by atoms with Gasteiger partial charge in [-0.15, -0.1) is 22.7 Å². The van der Waals surface area contributed by atoms with Gasteiger partial charge in [-0.05, 0) is 105 Å². The molecule has 0 spiro atoms. The Kier molecular flexibility index (Phi) is 16.9. The normalized spacial score (nSPS) is 20.2. The molecule has 2 aromatic heterocycles. The second kappa shape index (κ2) is 26.6. The first-order chi connectivity index (χ1) is 42.6. The van der Waals surface area contributed by atoms with E-state index in [1.807, 2.05) is 0 Å². The molecule has 2 N–H and O–H groups in total. The van der Waals surface area contributed by atoms with Gasteiger partial charge in [-0.1, -0.05) is 52.0 Å². The number of aliphatic hydroxyl groups is 2. The van der Waals surface area contributed by atoms with Crippen LogP contribution in [0.25, 0.3) is 0 Å². The van der Waals surface area contributed by atoms with Crippen LogP contribution in [0.5, 0.6) is 34.5 Å². The minimum atomic E-state index is -4.53. The summed E-state index contributed by atoms with van der Waals surface area (Å²) in [6.45, 7) is 3.61. The van der Waals surface area contributed by atoms with E-state index in [1.54, 1.807) is 65.8 Å². The number of sulfonamides is 2. The second-order valence-electron chi connectivity index (χ2n) is 21.6. The van der Waals surface area contributed by atoms with E-state index < -0.39 is 95.0 Å². The van der Waals surface area contributed by atoms with Crippen molar-refractivity contribution in [3.63, 3.8) is 0 Å². The van der Waals surface area contributed by atoms with Crippen molar-refractivity contribution >= 4 is 48.8 Å². The molecule has 84 heavy (non-hydrogen) atoms. The fourth-order valence-corrected chi connectivity index (χ4v) is 14.5. The summed E-state index contributed by atoms with van der Waals surface area (Å²) < 4.78 is 166. The van der Waals surface area contributed by atoms with Crippen molar-refractivity contribution in [2.45, 2.75) is 120 Å². The Hall–Kier alpha value is -6.13. The molecule has 10 rings (SSSR count). The van der Waals surface area contributed by atoms with E-state index in [9.17, 15) is 10.2 Å². The van der Waals surface area contributed by atoms with E-state index >= 15 is 21.6 Å². The summed E-state index contributed by atoms with van der Waals surface area (Å²) in [5.74, 6) is -0.0838. The highest BCUT2D eigenvalue weighted by atomic mass is 32.2. The molecule has 6 heterocycles. The van der Waals surface area contributed by atoms with Crippen molar-refractivity contribution in [2.24, 2.45) is 17.8 Å². The molecule has 0 unspecified atom stereocenters. The maximum Gasteiger partial charge on any atom is 0.410 e. The number of benzene rings is 4. The lowest BCUT2D eigenvalue weighted by molar-refractivity contribution is -0.0908. The number of nitrogens with zero attached hydrogens (tertiary/aromatic N) is 5. The SMILES string of the molecule is [2H]c1sc(C)nc1C([2H])([2H])Oc1ccc(C[C@@H]([C@H](O)CN(CC(C)C)S(=O)(=O)c2ccc3c(c2)OCO3)N(C(=O)O[C@H]2CO[C@H]3OCC[C@H]32)[C@@H](Cc2ccc(OC([2H])([2H])c3nc(C)sc3[2H])cc2)[C@H](O)CN(CC(C)C)S(=O)(=O)c2ccc3c(c2)OCO3)cc1. The van der Waals surface area contributed by atoms with Gasteiger partial charge in [-0.2, -0.15) is 8.61 Å². The number of hydrogen-bond acceptors (Lipinski definition) is 20. The second-order valence-corrected chi connectivity index (χ2v) is 27.4. The number of rotatable bonds is 27. The molecule has 4 aromatic carbocycles. The molecule has 0 bridgehead atoms. The lowest BCUT2D eigenvalue weighted by Crippen LogP contribution is -2.61. The minimum absolute atomic E-state index is 0.0132. The maximum absolute atomic E-state index is 16.0. The molecular formula is C59H71N5O16S4. The van der Waals surface area contributed by atoms with Crippen LogP contribution in [0, 0.1) is 31.6 Å². The highest BCUT2D eigenvalue weighted by molar-refractivity contribution is 7.89. The lowest BCUT2D eigenvalue weighted by Gasteiger charge is -2.43. The molecule has 6 aromatic rings. The third-order valence-electron chi connectivity index (χ3n) is 14.3. The third kappa shape index (κ3) is 14.6. The first kappa shape index (κ1) is 53.3. The summed E-state index contributed by atoms with van der Waals surface area (Å²) in [5.41, 5.74) is 0.292. The number of fused-ring (bicyclic) bond motifs is 3. The monoisotopic (exact) mass is 1240 g/mol. The number of ether oxygens (including phenoxy) is 9. The van der Waals surface area contributed by atoms with Crippen LogP contribution < -0.4 is 28.4 Å². The Labute approximate surface area is 506 Å². The van der Waals surface area contributed by atoms with Crippen LogP contribution >= 0.6 is 22.7 Å². The number of aryl methyl sites for hydroxylation is 2. The Balaban J connectivity index is 1.10. The number of amides is 1. The number of aliphatic hydroxyl groups excluding tert-OH is 2. The van der Waals surface area contributed by atoms with Crippen LogP contribution in [0.15, 0.2) is 105 Å². The van der Waals surface area contributed by atoms with Gasteiger partial charge in [0.25, 0.3) is 0 Å². The quantitative estimate of drug-likeness (QED) is 0.0496. The topological polar surface area (TPSA) is 244 Å². The average molecular weight is 1240 g/mol. The molecule has 25 heteroatoms. The standard InChI is InChI=1S/C59H71N5O16S4/c1-36(2)25-62(83(68,69)46-15-17-53-55(23-46)78-34-76-53)27-51(65)49(21-40-7-11-44(12-8-40)73-29-42-32-81-38(5)60-42)64(59(67)80-57-31-75-58-48(57)19-20-72-58)50(22-41-9-13-45(14-10-41)74-30-43-33-82-39(6)61-43)52(66)28-63(26-37(3)4)84(70,71)47-16-18-54-56(24-47)79-35-77-54/h7-18,23-24,32-33,36-37,48-52,57-58,65-66H,19-22,25-31,34-35H2,1-6H3/t48-,49-,50-,51+,52+,57-,58+/m0/s1/i29D2,30D2,32D,33D. The highest BCUT2D eigenvalue weighted by Crippen LogP contribution is 2.38. The summed E-state index contributed by atoms with van der Waals surface area (Å²) in [4.78, 5) is 25.1. The molecule has 0 radical (unpaired) electrons. The van der Waals surface area contributed by atoms with E-state index in [0.29, 0.717) is 45.7 Å². The predicted molar refractivity (Wildman–Crippen MR) is 310 cm³/mol. The van der Waals surface area contributed by atoms with Gasteiger partial charge in [0.15, 0.2) is 29.3 Å². The molecule has 7 atom stereocenters. The van der Waals surface area contributed by atoms with Crippen LogP contribution in [0.1, 0.15) is 74.9 Å². The van der Waals surface area contributed by atoms with Crippen molar-refractivity contribution in [3.05, 3.63) is 128 Å². The zero-order valence-corrected chi connectivity index (χ0v) is 50.3. The molecule has 2 fully saturated rings. The fourth-order valence-electron chi connectivity index (χ4n) is 10.3. The number of carbonyl (C=O) groups is 1. The van der Waals surface area contributed by atoms with Gasteiger partial charge in [0.05, 0.1) is 82.8 Å². The smallest absolute Gasteiger partial charge is 0.410 e. The third-order valence-corrected chi connectivity index (χ3v) is 19.3. The van der Waals surface area contributed by atoms with E-state index in [-0.39, 0.29) is 113 Å². The van der Waals surface area contributed by atoms with Gasteiger partial charge in [0.2, 0.25) is 33.6 Å². The number of carbonyl (C=O) groups excluding carboxylic acids is 1. The Morgan fingerprint density at radius 3 is 1.55 bits per heavy atom. The Morgan fingerprint density at radius 1 is 0.667 bits per heavy atom. The lowest BCUT2D eigenvalue weighted by atomic mass is 9.93. The van der Waals surface area contributed by atoms with Crippen molar-refractivity contribution in [1.29, 1.82) is 0 Å². The highest BCUT2D eigenvalue weighted by Gasteiger charge is 2.48. The van der Waals surface area contributed by atoms with Gasteiger partial charge in [-0.25, -0.2) is 31.6 Å². The first-order valence-corrected chi connectivity index (χ1v) is 31.9. The predicted octanol–water partition coefficient (Wildman–Crippen LogP) is 7.97. The Bertz CT molecular complexity index is 3540. The van der Waals surface area contributed by atoms with Crippen molar-refractivity contribution in [1.82, 2.24) is 23.5 Å². The van der Waals surface area contributed by atoms with Crippen LogP contribution in [-0.4, -0.2) is 146 Å². The van der Waals surface area contributed by atoms with E-state index in [2.05, 4.69) is 9.97 Å². The van der Waals surface area contributed by atoms with E-state index in [0.717, 1.165) is 36.2 Å². The molecule has 452 valence electrons. The largest absolute Gasteiger partial charge is 0.487 e. The molecule has 0 saturated carbocycles. The first-order valence-electron chi connectivity index (χ1n) is 30.4. The number of hydrogen-bond donors (Lipinski definition) is 2. The molecule has 2 saturated heterocycles. The fraction of sp³-hybridized carbons (Fsp3) is 0.475. The summed E-state index contributed by atoms with van der Waals surface area (Å²) in [5, 5.41) is 27.3. The number of thiazole rings is 2. The van der Waals surface area contributed by atoms with Crippen molar-refractivity contribution in [2.75, 3.05) is 53.0 Å². The van der Waals surface area contributed by atoms with Crippen LogP contribution in [0.4, 0.5) is 4.79 Å². The van der Waals surface area contributed by atoms with Crippen LogP contribution in [0.2, 0.25) is 0 Å². The summed E-state index contributed by atoms with van der Waals surface area (Å²) >= 11 is 1.97. The van der Waals surface area contributed by atoms with Gasteiger partial charge >= 0.3 is 6.09 Å². The van der Waals surface area contributed by atoms with Gasteiger partial charge in [0.1, 0.15) is 30.7 Å². The molecule has 4 aliphatic rings. The molecule has 1 amide bonds. The average Bonchev–Trinajstić information content (AvgIpc) is 1.40. The number of aromatic nitrogens is 2. The minimum Gasteiger partial charge on any atom is -0.487 e.